The number of benzene rings is 1. The van der Waals surface area contributed by atoms with Crippen LogP contribution in [-0.2, 0) is 7.05 Å². The number of halogens is 1. The first-order valence-corrected chi connectivity index (χ1v) is 5.86. The van der Waals surface area contributed by atoms with E-state index in [4.69, 9.17) is 5.73 Å². The molecule has 0 fully saturated rings. The molecule has 2 heterocycles. The van der Waals surface area contributed by atoms with E-state index < -0.39 is 0 Å². The average molecular weight is 248 g/mol. The summed E-state index contributed by atoms with van der Waals surface area (Å²) >= 11 is 1.36. The van der Waals surface area contributed by atoms with Crippen molar-refractivity contribution in [3.05, 3.63) is 29.4 Å². The molecule has 17 heavy (non-hydrogen) atoms. The minimum Gasteiger partial charge on any atom is -0.375 e. The molecule has 1 aromatic carbocycles. The fraction of sp³-hybridized carbons (Fsp3) is 0.0909. The summed E-state index contributed by atoms with van der Waals surface area (Å²) in [5.41, 5.74) is 7.80. The van der Waals surface area contributed by atoms with Crippen LogP contribution in [0.5, 0.6) is 0 Å². The SMILES string of the molecule is Cn1c(-c2csc(N)n2)nc2ccc(F)cc21. The Hall–Kier alpha value is -1.95. The van der Waals surface area contributed by atoms with Gasteiger partial charge in [-0.05, 0) is 18.2 Å². The average Bonchev–Trinajstić information content (AvgIpc) is 2.84. The van der Waals surface area contributed by atoms with Gasteiger partial charge in [0.15, 0.2) is 11.0 Å². The number of nitrogen functional groups attached to an aromatic ring is 1. The van der Waals surface area contributed by atoms with E-state index >= 15 is 0 Å². The van der Waals surface area contributed by atoms with E-state index in [0.717, 1.165) is 11.0 Å². The number of hydrogen-bond acceptors (Lipinski definition) is 4. The molecular weight excluding hydrogens is 239 g/mol. The number of anilines is 1. The normalized spacial score (nSPS) is 11.2. The van der Waals surface area contributed by atoms with Crippen LogP contribution in [0.2, 0.25) is 0 Å². The van der Waals surface area contributed by atoms with Gasteiger partial charge in [-0.1, -0.05) is 0 Å². The second-order valence-electron chi connectivity index (χ2n) is 3.70. The summed E-state index contributed by atoms with van der Waals surface area (Å²) in [5, 5.41) is 2.34. The number of nitrogens with two attached hydrogens (primary N) is 1. The molecular formula is C11H9FN4S. The van der Waals surface area contributed by atoms with E-state index in [1.54, 1.807) is 6.07 Å². The van der Waals surface area contributed by atoms with E-state index in [-0.39, 0.29) is 5.82 Å². The molecule has 3 rings (SSSR count). The standard InChI is InChI=1S/C11H9FN4S/c1-16-9-4-6(12)2-3-7(9)14-10(16)8-5-17-11(13)15-8/h2-5H,1H3,(H2,13,15). The van der Waals surface area contributed by atoms with Gasteiger partial charge >= 0.3 is 0 Å². The van der Waals surface area contributed by atoms with Crippen molar-refractivity contribution in [2.75, 3.05) is 5.73 Å². The van der Waals surface area contributed by atoms with Gasteiger partial charge in [0.05, 0.1) is 11.0 Å². The van der Waals surface area contributed by atoms with Crippen molar-refractivity contribution < 1.29 is 4.39 Å². The molecule has 0 bridgehead atoms. The van der Waals surface area contributed by atoms with Gasteiger partial charge in [0.1, 0.15) is 11.5 Å². The third kappa shape index (κ3) is 1.57. The van der Waals surface area contributed by atoms with Crippen molar-refractivity contribution in [3.63, 3.8) is 0 Å². The highest BCUT2D eigenvalue weighted by atomic mass is 32.1. The lowest BCUT2D eigenvalue weighted by molar-refractivity contribution is 0.629. The van der Waals surface area contributed by atoms with Crippen LogP contribution in [0.15, 0.2) is 23.6 Å². The maximum atomic E-state index is 13.2. The second-order valence-corrected chi connectivity index (χ2v) is 4.59. The molecule has 86 valence electrons. The molecule has 2 aromatic heterocycles. The maximum Gasteiger partial charge on any atom is 0.180 e. The van der Waals surface area contributed by atoms with Crippen molar-refractivity contribution in [3.8, 4) is 11.5 Å². The molecule has 0 aliphatic carbocycles. The Morgan fingerprint density at radius 1 is 1.35 bits per heavy atom. The summed E-state index contributed by atoms with van der Waals surface area (Å²) in [6.07, 6.45) is 0. The number of rotatable bonds is 1. The van der Waals surface area contributed by atoms with Crippen LogP contribution in [0.4, 0.5) is 9.52 Å². The molecule has 0 saturated heterocycles. The molecule has 0 unspecified atom stereocenters. The first-order chi connectivity index (χ1) is 8.15. The van der Waals surface area contributed by atoms with E-state index in [0.29, 0.717) is 16.6 Å². The van der Waals surface area contributed by atoms with Gasteiger partial charge in [0, 0.05) is 12.4 Å². The Morgan fingerprint density at radius 3 is 2.88 bits per heavy atom. The lowest BCUT2D eigenvalue weighted by Gasteiger charge is -1.98. The Kier molecular flexibility index (Phi) is 2.12. The lowest BCUT2D eigenvalue weighted by atomic mass is 10.3. The van der Waals surface area contributed by atoms with Crippen LogP contribution in [0, 0.1) is 5.82 Å². The van der Waals surface area contributed by atoms with E-state index in [9.17, 15) is 4.39 Å². The van der Waals surface area contributed by atoms with Crippen molar-refractivity contribution in [1.82, 2.24) is 14.5 Å². The fourth-order valence-electron chi connectivity index (χ4n) is 1.78. The van der Waals surface area contributed by atoms with Gasteiger partial charge in [-0.3, -0.25) is 0 Å². The number of fused-ring (bicyclic) bond motifs is 1. The van der Waals surface area contributed by atoms with Crippen LogP contribution in [0.3, 0.4) is 0 Å². The molecule has 0 spiro atoms. The summed E-state index contributed by atoms with van der Waals surface area (Å²) < 4.78 is 15.0. The summed E-state index contributed by atoms with van der Waals surface area (Å²) in [5.74, 6) is 0.420. The highest BCUT2D eigenvalue weighted by Crippen LogP contribution is 2.26. The van der Waals surface area contributed by atoms with E-state index in [1.165, 1.54) is 23.5 Å². The zero-order valence-corrected chi connectivity index (χ0v) is 9.83. The lowest BCUT2D eigenvalue weighted by Crippen LogP contribution is -1.93. The van der Waals surface area contributed by atoms with Crippen LogP contribution in [-0.4, -0.2) is 14.5 Å². The minimum absolute atomic E-state index is 0.273. The van der Waals surface area contributed by atoms with E-state index in [1.807, 2.05) is 17.0 Å². The van der Waals surface area contributed by atoms with Crippen molar-refractivity contribution in [2.24, 2.45) is 7.05 Å². The zero-order valence-electron chi connectivity index (χ0n) is 9.01. The molecule has 0 atom stereocenters. The highest BCUT2D eigenvalue weighted by molar-refractivity contribution is 7.13. The molecule has 0 radical (unpaired) electrons. The summed E-state index contributed by atoms with van der Waals surface area (Å²) in [6.45, 7) is 0. The molecule has 0 amide bonds. The fourth-order valence-corrected chi connectivity index (χ4v) is 2.32. The molecule has 2 N–H and O–H groups in total. The second kappa shape index (κ2) is 3.53. The molecule has 4 nitrogen and oxygen atoms in total. The first-order valence-electron chi connectivity index (χ1n) is 4.98. The van der Waals surface area contributed by atoms with Crippen LogP contribution < -0.4 is 5.73 Å². The van der Waals surface area contributed by atoms with Gasteiger partial charge in [-0.2, -0.15) is 0 Å². The van der Waals surface area contributed by atoms with Crippen LogP contribution >= 0.6 is 11.3 Å². The Balaban J connectivity index is 2.27. The van der Waals surface area contributed by atoms with Crippen LogP contribution in [0.1, 0.15) is 0 Å². The third-order valence-corrected chi connectivity index (χ3v) is 3.27. The quantitative estimate of drug-likeness (QED) is 0.719. The Bertz CT molecular complexity index is 701. The van der Waals surface area contributed by atoms with Gasteiger partial charge in [0.25, 0.3) is 0 Å². The Labute approximate surface area is 101 Å². The number of nitrogens with zero attached hydrogens (tertiary/aromatic N) is 3. The number of hydrogen-bond donors (Lipinski definition) is 1. The van der Waals surface area contributed by atoms with Gasteiger partial charge in [-0.15, -0.1) is 11.3 Å². The number of imidazole rings is 1. The predicted octanol–water partition coefficient (Wildman–Crippen LogP) is 2.42. The van der Waals surface area contributed by atoms with Gasteiger partial charge in [0.2, 0.25) is 0 Å². The topological polar surface area (TPSA) is 56.7 Å². The predicted molar refractivity (Wildman–Crippen MR) is 66.2 cm³/mol. The number of aryl methyl sites for hydroxylation is 1. The molecule has 0 saturated carbocycles. The number of thiazole rings is 1. The van der Waals surface area contributed by atoms with Crippen molar-refractivity contribution >= 4 is 27.5 Å². The van der Waals surface area contributed by atoms with Gasteiger partial charge < -0.3 is 10.3 Å². The highest BCUT2D eigenvalue weighted by Gasteiger charge is 2.12. The third-order valence-electron chi connectivity index (χ3n) is 2.59. The zero-order chi connectivity index (χ0) is 12.0. The smallest absolute Gasteiger partial charge is 0.180 e. The summed E-state index contributed by atoms with van der Waals surface area (Å²) in [4.78, 5) is 8.60. The van der Waals surface area contributed by atoms with Crippen molar-refractivity contribution in [1.29, 1.82) is 0 Å². The molecule has 0 aliphatic heterocycles. The number of aromatic nitrogens is 3. The Morgan fingerprint density at radius 2 is 2.18 bits per heavy atom. The first kappa shape index (κ1) is 10.2. The monoisotopic (exact) mass is 248 g/mol. The van der Waals surface area contributed by atoms with Crippen LogP contribution in [0.25, 0.3) is 22.6 Å². The molecule has 6 heteroatoms. The summed E-state index contributed by atoms with van der Waals surface area (Å²) in [6, 6.07) is 4.51. The largest absolute Gasteiger partial charge is 0.375 e. The maximum absolute atomic E-state index is 13.2. The van der Waals surface area contributed by atoms with E-state index in [2.05, 4.69) is 9.97 Å². The van der Waals surface area contributed by atoms with Crippen molar-refractivity contribution in [2.45, 2.75) is 0 Å². The minimum atomic E-state index is -0.273. The molecule has 0 aliphatic rings. The summed E-state index contributed by atoms with van der Waals surface area (Å²) in [7, 11) is 1.83. The van der Waals surface area contributed by atoms with Gasteiger partial charge in [-0.25, -0.2) is 14.4 Å². The molecule has 3 aromatic rings.